The van der Waals surface area contributed by atoms with Gasteiger partial charge in [-0.1, -0.05) is 24.6 Å². The van der Waals surface area contributed by atoms with Gasteiger partial charge in [-0.3, -0.25) is 4.79 Å². The molecule has 1 aliphatic heterocycles. The van der Waals surface area contributed by atoms with Gasteiger partial charge in [0.25, 0.3) is 0 Å². The van der Waals surface area contributed by atoms with Gasteiger partial charge in [-0.2, -0.15) is 0 Å². The summed E-state index contributed by atoms with van der Waals surface area (Å²) in [5.41, 5.74) is 8.43. The summed E-state index contributed by atoms with van der Waals surface area (Å²) in [6, 6.07) is 8.49. The van der Waals surface area contributed by atoms with Crippen LogP contribution in [0.4, 0.5) is 5.69 Å². The van der Waals surface area contributed by atoms with Crippen molar-refractivity contribution >= 4 is 11.6 Å². The summed E-state index contributed by atoms with van der Waals surface area (Å²) in [4.78, 5) is 14.5. The van der Waals surface area contributed by atoms with Gasteiger partial charge in [0, 0.05) is 37.8 Å². The summed E-state index contributed by atoms with van der Waals surface area (Å²) in [7, 11) is 0. The number of morpholine rings is 1. The number of amides is 1. The van der Waals surface area contributed by atoms with Gasteiger partial charge in [0.15, 0.2) is 0 Å². The number of hydrogen-bond donors (Lipinski definition) is 2. The van der Waals surface area contributed by atoms with Gasteiger partial charge < -0.3 is 20.7 Å². The highest BCUT2D eigenvalue weighted by atomic mass is 16.5. The Morgan fingerprint density at radius 2 is 2.04 bits per heavy atom. The normalized spacial score (nSPS) is 24.7. The molecule has 1 heterocycles. The Bertz CT molecular complexity index is 529. The van der Waals surface area contributed by atoms with Crippen molar-refractivity contribution in [2.45, 2.75) is 38.3 Å². The topological polar surface area (TPSA) is 67.6 Å². The van der Waals surface area contributed by atoms with Crippen molar-refractivity contribution in [3.8, 4) is 0 Å². The summed E-state index contributed by atoms with van der Waals surface area (Å²) in [6.45, 7) is 3.92. The Morgan fingerprint density at radius 1 is 1.26 bits per heavy atom. The van der Waals surface area contributed by atoms with Crippen LogP contribution in [0.25, 0.3) is 0 Å². The highest BCUT2D eigenvalue weighted by Crippen LogP contribution is 2.27. The van der Waals surface area contributed by atoms with Crippen LogP contribution in [-0.2, 0) is 16.1 Å². The van der Waals surface area contributed by atoms with Crippen LogP contribution in [0.15, 0.2) is 24.3 Å². The smallest absolute Gasteiger partial charge is 0.220 e. The van der Waals surface area contributed by atoms with Crippen molar-refractivity contribution < 1.29 is 9.53 Å². The van der Waals surface area contributed by atoms with Gasteiger partial charge in [-0.15, -0.1) is 0 Å². The minimum Gasteiger partial charge on any atom is -0.378 e. The highest BCUT2D eigenvalue weighted by molar-refractivity contribution is 5.76. The number of nitrogens with two attached hydrogens (primary N) is 1. The second-order valence-electron chi connectivity index (χ2n) is 6.56. The zero-order chi connectivity index (χ0) is 16.1. The van der Waals surface area contributed by atoms with Crippen LogP contribution in [0.2, 0.25) is 0 Å². The molecule has 1 amide bonds. The maximum absolute atomic E-state index is 12.2. The van der Waals surface area contributed by atoms with E-state index in [1.807, 2.05) is 12.1 Å². The number of hydrogen-bond acceptors (Lipinski definition) is 4. The number of rotatable bonds is 5. The van der Waals surface area contributed by atoms with Gasteiger partial charge >= 0.3 is 0 Å². The molecule has 0 spiro atoms. The third kappa shape index (κ3) is 4.24. The minimum absolute atomic E-state index is 0.115. The fourth-order valence-electron chi connectivity index (χ4n) is 3.60. The number of benzene rings is 1. The van der Waals surface area contributed by atoms with E-state index >= 15 is 0 Å². The van der Waals surface area contributed by atoms with E-state index in [9.17, 15) is 4.79 Å². The Labute approximate surface area is 138 Å². The predicted octanol–water partition coefficient (Wildman–Crippen LogP) is 1.66. The molecule has 126 valence electrons. The zero-order valence-corrected chi connectivity index (χ0v) is 13.7. The molecule has 1 saturated heterocycles. The van der Waals surface area contributed by atoms with Crippen molar-refractivity contribution in [1.29, 1.82) is 0 Å². The van der Waals surface area contributed by atoms with Crippen molar-refractivity contribution in [2.75, 3.05) is 31.2 Å². The quantitative estimate of drug-likeness (QED) is 0.867. The first kappa shape index (κ1) is 16.3. The summed E-state index contributed by atoms with van der Waals surface area (Å²) < 4.78 is 5.42. The number of para-hydroxylation sites is 1. The largest absolute Gasteiger partial charge is 0.378 e. The standard InChI is InChI=1S/C18H27N3O2/c19-16-6-3-5-14(16)12-18(22)20-13-15-4-1-2-7-17(15)21-8-10-23-11-9-21/h1-2,4,7,14,16H,3,5-6,8-13,19H2,(H,20,22)/t14-,16+/m0/s1. The molecule has 1 aromatic rings. The first-order chi connectivity index (χ1) is 11.2. The second-order valence-corrected chi connectivity index (χ2v) is 6.56. The van der Waals surface area contributed by atoms with Gasteiger partial charge in [-0.05, 0) is 30.4 Å². The van der Waals surface area contributed by atoms with E-state index in [4.69, 9.17) is 10.5 Å². The summed E-state index contributed by atoms with van der Waals surface area (Å²) >= 11 is 0. The van der Waals surface area contributed by atoms with Crippen molar-refractivity contribution in [2.24, 2.45) is 11.7 Å². The molecule has 2 aliphatic rings. The van der Waals surface area contributed by atoms with Gasteiger partial charge in [0.2, 0.25) is 5.91 Å². The Balaban J connectivity index is 1.56. The van der Waals surface area contributed by atoms with Crippen molar-refractivity contribution in [3.63, 3.8) is 0 Å². The molecule has 1 saturated carbocycles. The minimum atomic E-state index is 0.115. The molecule has 5 nitrogen and oxygen atoms in total. The monoisotopic (exact) mass is 317 g/mol. The van der Waals surface area contributed by atoms with E-state index in [0.717, 1.165) is 45.6 Å². The molecule has 3 N–H and O–H groups in total. The summed E-state index contributed by atoms with van der Waals surface area (Å²) in [5, 5.41) is 3.07. The SMILES string of the molecule is N[C@@H]1CCC[C@H]1CC(=O)NCc1ccccc1N1CCOCC1. The Kier molecular flexibility index (Phi) is 5.51. The lowest BCUT2D eigenvalue weighted by Gasteiger charge is -2.30. The third-order valence-electron chi connectivity index (χ3n) is 4.98. The average Bonchev–Trinajstić information content (AvgIpc) is 2.99. The van der Waals surface area contributed by atoms with Crippen LogP contribution in [0, 0.1) is 5.92 Å². The number of nitrogens with zero attached hydrogens (tertiary/aromatic N) is 1. The summed E-state index contributed by atoms with van der Waals surface area (Å²) in [5.74, 6) is 0.466. The molecule has 0 unspecified atom stereocenters. The van der Waals surface area contributed by atoms with Crippen molar-refractivity contribution in [1.82, 2.24) is 5.32 Å². The van der Waals surface area contributed by atoms with E-state index in [0.29, 0.717) is 18.9 Å². The van der Waals surface area contributed by atoms with Crippen LogP contribution in [-0.4, -0.2) is 38.3 Å². The van der Waals surface area contributed by atoms with Crippen LogP contribution >= 0.6 is 0 Å². The summed E-state index contributed by atoms with van der Waals surface area (Å²) in [6.07, 6.45) is 3.84. The van der Waals surface area contributed by atoms with Crippen LogP contribution in [0.3, 0.4) is 0 Å². The zero-order valence-electron chi connectivity index (χ0n) is 13.7. The lowest BCUT2D eigenvalue weighted by atomic mass is 10.00. The number of anilines is 1. The van der Waals surface area contributed by atoms with E-state index < -0.39 is 0 Å². The molecule has 0 radical (unpaired) electrons. The maximum atomic E-state index is 12.2. The first-order valence-electron chi connectivity index (χ1n) is 8.67. The number of nitrogens with one attached hydrogen (secondary N) is 1. The van der Waals surface area contributed by atoms with Gasteiger partial charge in [0.1, 0.15) is 0 Å². The number of ether oxygens (including phenoxy) is 1. The highest BCUT2D eigenvalue weighted by Gasteiger charge is 2.26. The van der Waals surface area contributed by atoms with Crippen molar-refractivity contribution in [3.05, 3.63) is 29.8 Å². The molecule has 23 heavy (non-hydrogen) atoms. The van der Waals surface area contributed by atoms with Gasteiger partial charge in [-0.25, -0.2) is 0 Å². The number of carbonyl (C=O) groups is 1. The maximum Gasteiger partial charge on any atom is 0.220 e. The molecule has 2 fully saturated rings. The van der Waals surface area contributed by atoms with Crippen LogP contribution < -0.4 is 16.0 Å². The fraction of sp³-hybridized carbons (Fsp3) is 0.611. The third-order valence-corrected chi connectivity index (χ3v) is 4.98. The molecule has 0 bridgehead atoms. The number of carbonyl (C=O) groups excluding carboxylic acids is 1. The fourth-order valence-corrected chi connectivity index (χ4v) is 3.60. The van der Waals surface area contributed by atoms with E-state index in [1.54, 1.807) is 0 Å². The molecule has 1 aromatic carbocycles. The second kappa shape index (κ2) is 7.79. The lowest BCUT2D eigenvalue weighted by molar-refractivity contribution is -0.122. The lowest BCUT2D eigenvalue weighted by Crippen LogP contribution is -2.37. The van der Waals surface area contributed by atoms with E-state index in [2.05, 4.69) is 22.3 Å². The van der Waals surface area contributed by atoms with Crippen LogP contribution in [0.1, 0.15) is 31.2 Å². The molecule has 3 rings (SSSR count). The van der Waals surface area contributed by atoms with E-state index in [1.165, 1.54) is 11.3 Å². The predicted molar refractivity (Wildman–Crippen MR) is 91.3 cm³/mol. The van der Waals surface area contributed by atoms with Gasteiger partial charge in [0.05, 0.1) is 13.2 Å². The Morgan fingerprint density at radius 3 is 2.78 bits per heavy atom. The molecular weight excluding hydrogens is 290 g/mol. The average molecular weight is 317 g/mol. The first-order valence-corrected chi connectivity index (χ1v) is 8.67. The molecule has 2 atom stereocenters. The molecular formula is C18H27N3O2. The molecule has 5 heteroatoms. The Hall–Kier alpha value is -1.59. The van der Waals surface area contributed by atoms with E-state index in [-0.39, 0.29) is 11.9 Å². The molecule has 1 aliphatic carbocycles. The van der Waals surface area contributed by atoms with Crippen LogP contribution in [0.5, 0.6) is 0 Å². The molecule has 0 aromatic heterocycles.